The number of rotatable bonds is 3. The monoisotopic (exact) mass is 287 g/mol. The molecule has 1 aliphatic heterocycles. The lowest BCUT2D eigenvalue weighted by atomic mass is 10.0. The van der Waals surface area contributed by atoms with Crippen LogP contribution >= 0.6 is 11.6 Å². The van der Waals surface area contributed by atoms with Gasteiger partial charge in [0.2, 0.25) is 0 Å². The first-order valence-electron chi connectivity index (χ1n) is 6.96. The van der Waals surface area contributed by atoms with E-state index < -0.39 is 0 Å². The molecular weight excluding hydrogens is 270 g/mol. The lowest BCUT2D eigenvalue weighted by Gasteiger charge is -2.35. The Morgan fingerprint density at radius 2 is 1.85 bits per heavy atom. The number of halogens is 1. The molecule has 104 valence electrons. The smallest absolute Gasteiger partial charge is 0.0777 e. The molecule has 2 heterocycles. The van der Waals surface area contributed by atoms with Gasteiger partial charge in [-0.15, -0.1) is 0 Å². The molecule has 1 atom stereocenters. The van der Waals surface area contributed by atoms with Gasteiger partial charge in [-0.05, 0) is 17.7 Å². The van der Waals surface area contributed by atoms with E-state index in [2.05, 4.69) is 39.5 Å². The van der Waals surface area contributed by atoms with Gasteiger partial charge in [-0.2, -0.15) is 0 Å². The third kappa shape index (κ3) is 3.01. The normalized spacial score (nSPS) is 17.9. The van der Waals surface area contributed by atoms with Crippen molar-refractivity contribution in [1.29, 1.82) is 0 Å². The Hall–Kier alpha value is -1.42. The third-order valence-corrected chi connectivity index (χ3v) is 3.89. The SMILES string of the molecule is Clc1ccnc(C(c2ccccc2)N2CCNCC2)c1. The zero-order valence-corrected chi connectivity index (χ0v) is 12.1. The van der Waals surface area contributed by atoms with Crippen molar-refractivity contribution in [2.75, 3.05) is 26.2 Å². The molecule has 1 aromatic heterocycles. The Morgan fingerprint density at radius 1 is 1.10 bits per heavy atom. The molecular formula is C16H18ClN3. The number of nitrogens with zero attached hydrogens (tertiary/aromatic N) is 2. The van der Waals surface area contributed by atoms with E-state index in [0.29, 0.717) is 0 Å². The van der Waals surface area contributed by atoms with E-state index in [0.717, 1.165) is 36.9 Å². The first-order chi connectivity index (χ1) is 9.84. The second-order valence-electron chi connectivity index (χ2n) is 5.00. The van der Waals surface area contributed by atoms with Crippen LogP contribution in [0.5, 0.6) is 0 Å². The van der Waals surface area contributed by atoms with Crippen LogP contribution in [-0.2, 0) is 0 Å². The minimum Gasteiger partial charge on any atom is -0.314 e. The zero-order valence-electron chi connectivity index (χ0n) is 11.3. The van der Waals surface area contributed by atoms with Crippen LogP contribution in [0.1, 0.15) is 17.3 Å². The van der Waals surface area contributed by atoms with Gasteiger partial charge in [-0.3, -0.25) is 9.88 Å². The van der Waals surface area contributed by atoms with Gasteiger partial charge in [0, 0.05) is 37.4 Å². The summed E-state index contributed by atoms with van der Waals surface area (Å²) in [6.07, 6.45) is 1.79. The van der Waals surface area contributed by atoms with E-state index in [4.69, 9.17) is 11.6 Å². The van der Waals surface area contributed by atoms with E-state index in [9.17, 15) is 0 Å². The number of hydrogen-bond acceptors (Lipinski definition) is 3. The number of aromatic nitrogens is 1. The zero-order chi connectivity index (χ0) is 13.8. The number of nitrogens with one attached hydrogen (secondary N) is 1. The van der Waals surface area contributed by atoms with E-state index in [1.54, 1.807) is 6.20 Å². The molecule has 1 aliphatic rings. The quantitative estimate of drug-likeness (QED) is 0.941. The lowest BCUT2D eigenvalue weighted by molar-refractivity contribution is 0.195. The number of benzene rings is 1. The van der Waals surface area contributed by atoms with Crippen molar-refractivity contribution in [3.05, 3.63) is 64.9 Å². The summed E-state index contributed by atoms with van der Waals surface area (Å²) in [5, 5.41) is 4.14. The van der Waals surface area contributed by atoms with Crippen LogP contribution in [-0.4, -0.2) is 36.1 Å². The fourth-order valence-electron chi connectivity index (χ4n) is 2.72. The van der Waals surface area contributed by atoms with Crippen molar-refractivity contribution in [3.63, 3.8) is 0 Å². The summed E-state index contributed by atoms with van der Waals surface area (Å²) in [6, 6.07) is 14.5. The molecule has 2 aromatic rings. The van der Waals surface area contributed by atoms with Gasteiger partial charge in [0.15, 0.2) is 0 Å². The molecule has 4 heteroatoms. The van der Waals surface area contributed by atoms with E-state index >= 15 is 0 Å². The maximum Gasteiger partial charge on any atom is 0.0777 e. The van der Waals surface area contributed by atoms with E-state index in [1.807, 2.05) is 18.2 Å². The largest absolute Gasteiger partial charge is 0.314 e. The summed E-state index contributed by atoms with van der Waals surface area (Å²) in [4.78, 5) is 7.01. The molecule has 0 saturated carbocycles. The van der Waals surface area contributed by atoms with E-state index in [1.165, 1.54) is 5.56 Å². The molecule has 3 rings (SSSR count). The summed E-state index contributed by atoms with van der Waals surface area (Å²) in [6.45, 7) is 4.08. The Labute approximate surface area is 124 Å². The summed E-state index contributed by atoms with van der Waals surface area (Å²) < 4.78 is 0. The number of hydrogen-bond donors (Lipinski definition) is 1. The molecule has 3 nitrogen and oxygen atoms in total. The molecule has 0 radical (unpaired) electrons. The Kier molecular flexibility index (Phi) is 4.31. The van der Waals surface area contributed by atoms with Crippen LogP contribution in [0.4, 0.5) is 0 Å². The highest BCUT2D eigenvalue weighted by Crippen LogP contribution is 2.28. The predicted molar refractivity (Wildman–Crippen MR) is 82.0 cm³/mol. The fraction of sp³-hybridized carbons (Fsp3) is 0.312. The maximum atomic E-state index is 6.14. The average Bonchev–Trinajstić information content (AvgIpc) is 2.50. The first-order valence-corrected chi connectivity index (χ1v) is 7.33. The highest BCUT2D eigenvalue weighted by molar-refractivity contribution is 6.30. The van der Waals surface area contributed by atoms with Crippen molar-refractivity contribution in [2.45, 2.75) is 6.04 Å². The summed E-state index contributed by atoms with van der Waals surface area (Å²) in [7, 11) is 0. The van der Waals surface area contributed by atoms with Crippen LogP contribution in [0.3, 0.4) is 0 Å². The van der Waals surface area contributed by atoms with Gasteiger partial charge in [0.05, 0.1) is 11.7 Å². The van der Waals surface area contributed by atoms with Crippen LogP contribution in [0.15, 0.2) is 48.7 Å². The molecule has 0 aliphatic carbocycles. The van der Waals surface area contributed by atoms with Gasteiger partial charge in [-0.25, -0.2) is 0 Å². The fourth-order valence-corrected chi connectivity index (χ4v) is 2.88. The average molecular weight is 288 g/mol. The lowest BCUT2D eigenvalue weighted by Crippen LogP contribution is -2.45. The Morgan fingerprint density at radius 3 is 2.55 bits per heavy atom. The van der Waals surface area contributed by atoms with Crippen LogP contribution < -0.4 is 5.32 Å². The van der Waals surface area contributed by atoms with Crippen LogP contribution in [0, 0.1) is 0 Å². The van der Waals surface area contributed by atoms with Crippen molar-refractivity contribution in [3.8, 4) is 0 Å². The minimum absolute atomic E-state index is 0.178. The van der Waals surface area contributed by atoms with Gasteiger partial charge in [-0.1, -0.05) is 41.9 Å². The molecule has 1 unspecified atom stereocenters. The van der Waals surface area contributed by atoms with Crippen molar-refractivity contribution >= 4 is 11.6 Å². The second kappa shape index (κ2) is 6.35. The molecule has 1 N–H and O–H groups in total. The summed E-state index contributed by atoms with van der Waals surface area (Å²) >= 11 is 6.14. The van der Waals surface area contributed by atoms with Crippen molar-refractivity contribution in [1.82, 2.24) is 15.2 Å². The maximum absolute atomic E-state index is 6.14. The van der Waals surface area contributed by atoms with Gasteiger partial charge < -0.3 is 5.32 Å². The first kappa shape index (κ1) is 13.6. The van der Waals surface area contributed by atoms with Crippen LogP contribution in [0.2, 0.25) is 5.02 Å². The van der Waals surface area contributed by atoms with Crippen molar-refractivity contribution < 1.29 is 0 Å². The second-order valence-corrected chi connectivity index (χ2v) is 5.43. The Balaban J connectivity index is 1.98. The van der Waals surface area contributed by atoms with E-state index in [-0.39, 0.29) is 6.04 Å². The third-order valence-electron chi connectivity index (χ3n) is 3.66. The minimum atomic E-state index is 0.178. The van der Waals surface area contributed by atoms with Crippen molar-refractivity contribution in [2.24, 2.45) is 0 Å². The molecule has 1 aromatic carbocycles. The molecule has 0 spiro atoms. The summed E-state index contributed by atoms with van der Waals surface area (Å²) in [5.41, 5.74) is 2.29. The summed E-state index contributed by atoms with van der Waals surface area (Å²) in [5.74, 6) is 0. The standard InChI is InChI=1S/C16H18ClN3/c17-14-6-7-19-15(12-14)16(13-4-2-1-3-5-13)20-10-8-18-9-11-20/h1-7,12,16,18H,8-11H2. The Bertz CT molecular complexity index is 553. The molecule has 20 heavy (non-hydrogen) atoms. The molecule has 0 amide bonds. The number of piperazine rings is 1. The van der Waals surface area contributed by atoms with Gasteiger partial charge in [0.25, 0.3) is 0 Å². The topological polar surface area (TPSA) is 28.2 Å². The molecule has 0 bridgehead atoms. The van der Waals surface area contributed by atoms with Gasteiger partial charge >= 0.3 is 0 Å². The molecule has 1 fully saturated rings. The van der Waals surface area contributed by atoms with Gasteiger partial charge in [0.1, 0.15) is 0 Å². The highest BCUT2D eigenvalue weighted by atomic mass is 35.5. The molecule has 1 saturated heterocycles. The highest BCUT2D eigenvalue weighted by Gasteiger charge is 2.24. The van der Waals surface area contributed by atoms with Crippen LogP contribution in [0.25, 0.3) is 0 Å². The number of pyridine rings is 1. The predicted octanol–water partition coefficient (Wildman–Crippen LogP) is 2.73.